The third kappa shape index (κ3) is 2.77. The maximum atomic E-state index is 12.5. The first kappa shape index (κ1) is 14.0. The van der Waals surface area contributed by atoms with Crippen LogP contribution in [0, 0.1) is 5.92 Å². The Kier molecular flexibility index (Phi) is 3.66. The van der Waals surface area contributed by atoms with Gasteiger partial charge in [0.25, 0.3) is 5.91 Å². The lowest BCUT2D eigenvalue weighted by Gasteiger charge is -2.20. The Morgan fingerprint density at radius 3 is 2.86 bits per heavy atom. The first-order valence-corrected chi connectivity index (χ1v) is 7.75. The third-order valence-electron chi connectivity index (χ3n) is 4.20. The van der Waals surface area contributed by atoms with Gasteiger partial charge in [-0.3, -0.25) is 4.79 Å². The van der Waals surface area contributed by atoms with Crippen molar-refractivity contribution in [3.63, 3.8) is 0 Å². The van der Waals surface area contributed by atoms with Gasteiger partial charge in [-0.05, 0) is 25.2 Å². The number of aromatic amines is 1. The number of amides is 1. The molecule has 0 spiro atoms. The van der Waals surface area contributed by atoms with Crippen LogP contribution in [0.25, 0.3) is 11.2 Å². The molecule has 0 bridgehead atoms. The Balaban J connectivity index is 1.88. The largest absolute Gasteiger partial charge is 0.349 e. The zero-order chi connectivity index (χ0) is 15.0. The lowest BCUT2D eigenvalue weighted by atomic mass is 10.0. The average molecular weight is 286 g/mol. The van der Waals surface area contributed by atoms with Crippen LogP contribution in [0.2, 0.25) is 0 Å². The predicted molar refractivity (Wildman–Crippen MR) is 82.2 cm³/mol. The maximum absolute atomic E-state index is 12.5. The molecule has 1 amide bonds. The number of hydrogen-bond acceptors (Lipinski definition) is 3. The summed E-state index contributed by atoms with van der Waals surface area (Å²) in [5.74, 6) is 0.882. The van der Waals surface area contributed by atoms with E-state index in [9.17, 15) is 4.79 Å². The SMILES string of the molecule is CCC(NC(=O)c1c[nH]c2ncc(C3CC3)nc12)C(C)C. The summed E-state index contributed by atoms with van der Waals surface area (Å²) in [7, 11) is 0. The summed E-state index contributed by atoms with van der Waals surface area (Å²) in [5, 5.41) is 3.10. The van der Waals surface area contributed by atoms with E-state index in [1.807, 2.05) is 6.20 Å². The Bertz CT molecular complexity index is 657. The van der Waals surface area contributed by atoms with Gasteiger partial charge in [0.2, 0.25) is 0 Å². The van der Waals surface area contributed by atoms with Gasteiger partial charge in [-0.15, -0.1) is 0 Å². The zero-order valence-corrected chi connectivity index (χ0v) is 12.8. The molecule has 2 heterocycles. The van der Waals surface area contributed by atoms with Gasteiger partial charge in [-0.2, -0.15) is 0 Å². The van der Waals surface area contributed by atoms with Crippen LogP contribution in [0.1, 0.15) is 62.0 Å². The fourth-order valence-corrected chi connectivity index (χ4v) is 2.64. The van der Waals surface area contributed by atoms with Crippen LogP contribution in [-0.4, -0.2) is 26.9 Å². The van der Waals surface area contributed by atoms with Crippen LogP contribution in [0.15, 0.2) is 12.4 Å². The minimum Gasteiger partial charge on any atom is -0.349 e. The molecule has 112 valence electrons. The second kappa shape index (κ2) is 5.47. The van der Waals surface area contributed by atoms with Crippen LogP contribution in [0.5, 0.6) is 0 Å². The molecule has 0 saturated heterocycles. The van der Waals surface area contributed by atoms with E-state index in [1.165, 1.54) is 12.8 Å². The smallest absolute Gasteiger partial charge is 0.255 e. The molecule has 2 aromatic heterocycles. The summed E-state index contributed by atoms with van der Waals surface area (Å²) in [5.41, 5.74) is 2.98. The summed E-state index contributed by atoms with van der Waals surface area (Å²) < 4.78 is 0. The average Bonchev–Trinajstić information content (AvgIpc) is 3.23. The Labute approximate surface area is 124 Å². The van der Waals surface area contributed by atoms with Gasteiger partial charge in [-0.1, -0.05) is 20.8 Å². The molecule has 2 aromatic rings. The van der Waals surface area contributed by atoms with Gasteiger partial charge in [0.1, 0.15) is 5.52 Å². The van der Waals surface area contributed by atoms with Crippen molar-refractivity contribution in [3.05, 3.63) is 23.7 Å². The van der Waals surface area contributed by atoms with Crippen molar-refractivity contribution in [1.29, 1.82) is 0 Å². The minimum absolute atomic E-state index is 0.0657. The molecule has 1 fully saturated rings. The monoisotopic (exact) mass is 286 g/mol. The van der Waals surface area contributed by atoms with Gasteiger partial charge in [0, 0.05) is 18.2 Å². The topological polar surface area (TPSA) is 70.7 Å². The van der Waals surface area contributed by atoms with E-state index < -0.39 is 0 Å². The van der Waals surface area contributed by atoms with Crippen molar-refractivity contribution >= 4 is 17.1 Å². The molecule has 1 aliphatic rings. The minimum atomic E-state index is -0.0657. The van der Waals surface area contributed by atoms with Crippen molar-refractivity contribution in [2.75, 3.05) is 0 Å². The third-order valence-corrected chi connectivity index (χ3v) is 4.20. The highest BCUT2D eigenvalue weighted by Gasteiger charge is 2.27. The molecule has 5 nitrogen and oxygen atoms in total. The van der Waals surface area contributed by atoms with Gasteiger partial charge in [-0.25, -0.2) is 9.97 Å². The molecular weight excluding hydrogens is 264 g/mol. The van der Waals surface area contributed by atoms with E-state index in [1.54, 1.807) is 6.20 Å². The summed E-state index contributed by atoms with van der Waals surface area (Å²) in [6.45, 7) is 6.33. The Morgan fingerprint density at radius 1 is 1.48 bits per heavy atom. The molecule has 5 heteroatoms. The molecule has 0 aromatic carbocycles. The van der Waals surface area contributed by atoms with Crippen LogP contribution in [0.4, 0.5) is 0 Å². The first-order chi connectivity index (χ1) is 10.1. The number of aromatic nitrogens is 3. The molecule has 1 unspecified atom stereocenters. The van der Waals surface area contributed by atoms with E-state index in [2.05, 4.69) is 41.0 Å². The second-order valence-corrected chi connectivity index (χ2v) is 6.20. The van der Waals surface area contributed by atoms with Crippen LogP contribution < -0.4 is 5.32 Å². The number of rotatable bonds is 5. The van der Waals surface area contributed by atoms with Crippen molar-refractivity contribution in [2.45, 2.75) is 52.0 Å². The highest BCUT2D eigenvalue weighted by atomic mass is 16.1. The summed E-state index contributed by atoms with van der Waals surface area (Å²) in [6, 6.07) is 0.182. The fourth-order valence-electron chi connectivity index (χ4n) is 2.64. The molecule has 1 aliphatic carbocycles. The molecule has 21 heavy (non-hydrogen) atoms. The van der Waals surface area contributed by atoms with Gasteiger partial charge in [0.15, 0.2) is 5.65 Å². The number of carbonyl (C=O) groups excluding carboxylic acids is 1. The van der Waals surface area contributed by atoms with Gasteiger partial charge >= 0.3 is 0 Å². The highest BCUT2D eigenvalue weighted by Crippen LogP contribution is 2.39. The Hall–Kier alpha value is -1.91. The van der Waals surface area contributed by atoms with Gasteiger partial charge in [0.05, 0.1) is 17.5 Å². The van der Waals surface area contributed by atoms with Crippen LogP contribution >= 0.6 is 0 Å². The van der Waals surface area contributed by atoms with E-state index in [0.717, 1.165) is 12.1 Å². The molecule has 0 radical (unpaired) electrons. The first-order valence-electron chi connectivity index (χ1n) is 7.75. The molecule has 2 N–H and O–H groups in total. The van der Waals surface area contributed by atoms with E-state index in [4.69, 9.17) is 0 Å². The number of nitrogens with zero attached hydrogens (tertiary/aromatic N) is 2. The van der Waals surface area contributed by atoms with E-state index in [-0.39, 0.29) is 11.9 Å². The Morgan fingerprint density at radius 2 is 2.24 bits per heavy atom. The second-order valence-electron chi connectivity index (χ2n) is 6.20. The van der Waals surface area contributed by atoms with Crippen molar-refractivity contribution in [3.8, 4) is 0 Å². The zero-order valence-electron chi connectivity index (χ0n) is 12.8. The van der Waals surface area contributed by atoms with Crippen molar-refractivity contribution in [2.24, 2.45) is 5.92 Å². The number of H-pyrrole nitrogens is 1. The van der Waals surface area contributed by atoms with E-state index in [0.29, 0.717) is 28.6 Å². The lowest BCUT2D eigenvalue weighted by Crippen LogP contribution is -2.37. The quantitative estimate of drug-likeness (QED) is 0.887. The fraction of sp³-hybridized carbons (Fsp3) is 0.562. The van der Waals surface area contributed by atoms with Crippen molar-refractivity contribution < 1.29 is 4.79 Å². The standard InChI is InChI=1S/C16H22N4O/c1-4-12(9(2)3)20-16(21)11-7-17-15-14(11)19-13(8-18-15)10-5-6-10/h7-10,12H,4-6H2,1-3H3,(H,17,18)(H,20,21). The molecular formula is C16H22N4O. The van der Waals surface area contributed by atoms with E-state index >= 15 is 0 Å². The molecule has 1 saturated carbocycles. The number of hydrogen-bond donors (Lipinski definition) is 2. The molecule has 1 atom stereocenters. The molecule has 0 aliphatic heterocycles. The van der Waals surface area contributed by atoms with Crippen LogP contribution in [0.3, 0.4) is 0 Å². The molecule has 3 rings (SSSR count). The predicted octanol–water partition coefficient (Wildman–Crippen LogP) is 3.00. The summed E-state index contributed by atoms with van der Waals surface area (Å²) >= 11 is 0. The lowest BCUT2D eigenvalue weighted by molar-refractivity contribution is 0.0926. The number of carbonyl (C=O) groups is 1. The van der Waals surface area contributed by atoms with Crippen LogP contribution in [-0.2, 0) is 0 Å². The van der Waals surface area contributed by atoms with Gasteiger partial charge < -0.3 is 10.3 Å². The maximum Gasteiger partial charge on any atom is 0.255 e. The normalized spacial score (nSPS) is 16.4. The number of fused-ring (bicyclic) bond motifs is 1. The van der Waals surface area contributed by atoms with Crippen molar-refractivity contribution in [1.82, 2.24) is 20.3 Å². The summed E-state index contributed by atoms with van der Waals surface area (Å²) in [4.78, 5) is 24.6. The summed E-state index contributed by atoms with van der Waals surface area (Å²) in [6.07, 6.45) is 6.81. The highest BCUT2D eigenvalue weighted by molar-refractivity contribution is 6.04. The number of nitrogens with one attached hydrogen (secondary N) is 2.